The smallest absolute Gasteiger partial charge is 0.142 e. The lowest BCUT2D eigenvalue weighted by atomic mass is 10.2. The SMILES string of the molecule is CCCCCCOc1c(Br)cc(Cl)cc1C=NO. The summed E-state index contributed by atoms with van der Waals surface area (Å²) >= 11 is 9.33. The predicted molar refractivity (Wildman–Crippen MR) is 78.2 cm³/mol. The van der Waals surface area contributed by atoms with Gasteiger partial charge in [-0.2, -0.15) is 0 Å². The summed E-state index contributed by atoms with van der Waals surface area (Å²) in [4.78, 5) is 0. The van der Waals surface area contributed by atoms with Crippen molar-refractivity contribution in [3.8, 4) is 5.75 Å². The first kappa shape index (κ1) is 15.3. The molecule has 1 aromatic carbocycles. The zero-order chi connectivity index (χ0) is 13.4. The van der Waals surface area contributed by atoms with Gasteiger partial charge in [-0.15, -0.1) is 0 Å². The maximum atomic E-state index is 8.62. The summed E-state index contributed by atoms with van der Waals surface area (Å²) in [5.41, 5.74) is 0.660. The van der Waals surface area contributed by atoms with Crippen LogP contribution in [0.4, 0.5) is 0 Å². The third-order valence-corrected chi connectivity index (χ3v) is 3.29. The molecule has 0 aliphatic heterocycles. The van der Waals surface area contributed by atoms with Crippen molar-refractivity contribution >= 4 is 33.7 Å². The van der Waals surface area contributed by atoms with E-state index in [1.165, 1.54) is 19.1 Å². The van der Waals surface area contributed by atoms with Gasteiger partial charge in [0.2, 0.25) is 0 Å². The second kappa shape index (κ2) is 8.38. The summed E-state index contributed by atoms with van der Waals surface area (Å²) in [5, 5.41) is 12.2. The van der Waals surface area contributed by atoms with Gasteiger partial charge in [-0.1, -0.05) is 42.9 Å². The Morgan fingerprint density at radius 1 is 1.39 bits per heavy atom. The molecule has 0 amide bonds. The number of hydrogen-bond donors (Lipinski definition) is 1. The summed E-state index contributed by atoms with van der Waals surface area (Å²) < 4.78 is 6.48. The molecule has 1 aromatic rings. The number of halogens is 2. The fourth-order valence-electron chi connectivity index (χ4n) is 1.59. The molecule has 1 rings (SSSR count). The Bertz CT molecular complexity index is 410. The predicted octanol–water partition coefficient (Wildman–Crippen LogP) is 4.87. The molecule has 0 unspecified atom stereocenters. The lowest BCUT2D eigenvalue weighted by Gasteiger charge is -2.11. The second-order valence-electron chi connectivity index (χ2n) is 3.96. The van der Waals surface area contributed by atoms with Gasteiger partial charge in [0.05, 0.1) is 17.3 Å². The molecule has 0 aliphatic rings. The lowest BCUT2D eigenvalue weighted by molar-refractivity contribution is 0.301. The van der Waals surface area contributed by atoms with Crippen molar-refractivity contribution in [2.24, 2.45) is 5.16 Å². The zero-order valence-corrected chi connectivity index (χ0v) is 12.7. The van der Waals surface area contributed by atoms with Gasteiger partial charge >= 0.3 is 0 Å². The van der Waals surface area contributed by atoms with Crippen LogP contribution in [0, 0.1) is 0 Å². The summed E-state index contributed by atoms with van der Waals surface area (Å²) in [6.07, 6.45) is 5.91. The van der Waals surface area contributed by atoms with E-state index in [1.54, 1.807) is 12.1 Å². The van der Waals surface area contributed by atoms with Crippen LogP contribution in [0.5, 0.6) is 5.75 Å². The third kappa shape index (κ3) is 4.86. The Morgan fingerprint density at radius 2 is 2.17 bits per heavy atom. The largest absolute Gasteiger partial charge is 0.492 e. The van der Waals surface area contributed by atoms with Gasteiger partial charge < -0.3 is 9.94 Å². The van der Waals surface area contributed by atoms with Gasteiger partial charge in [0.25, 0.3) is 0 Å². The highest BCUT2D eigenvalue weighted by Crippen LogP contribution is 2.32. The molecule has 0 saturated carbocycles. The van der Waals surface area contributed by atoms with Crippen LogP contribution in [0.25, 0.3) is 0 Å². The van der Waals surface area contributed by atoms with Crippen molar-refractivity contribution in [3.05, 3.63) is 27.2 Å². The first-order chi connectivity index (χ1) is 8.69. The van der Waals surface area contributed by atoms with Crippen LogP contribution in [-0.2, 0) is 0 Å². The molecular weight excluding hydrogens is 318 g/mol. The van der Waals surface area contributed by atoms with Crippen LogP contribution in [0.3, 0.4) is 0 Å². The monoisotopic (exact) mass is 333 g/mol. The van der Waals surface area contributed by atoms with Crippen molar-refractivity contribution in [1.82, 2.24) is 0 Å². The summed E-state index contributed by atoms with van der Waals surface area (Å²) in [7, 11) is 0. The third-order valence-electron chi connectivity index (χ3n) is 2.48. The van der Waals surface area contributed by atoms with Crippen LogP contribution in [0.2, 0.25) is 5.02 Å². The first-order valence-corrected chi connectivity index (χ1v) is 7.15. The van der Waals surface area contributed by atoms with E-state index >= 15 is 0 Å². The first-order valence-electron chi connectivity index (χ1n) is 5.98. The molecule has 1 N–H and O–H groups in total. The summed E-state index contributed by atoms with van der Waals surface area (Å²) in [6.45, 7) is 2.82. The quantitative estimate of drug-likeness (QED) is 0.334. The highest BCUT2D eigenvalue weighted by molar-refractivity contribution is 9.10. The summed E-state index contributed by atoms with van der Waals surface area (Å²) in [5.74, 6) is 0.661. The molecule has 0 bridgehead atoms. The van der Waals surface area contributed by atoms with Crippen LogP contribution in [0.15, 0.2) is 21.8 Å². The zero-order valence-electron chi connectivity index (χ0n) is 10.3. The number of benzene rings is 1. The molecule has 0 spiro atoms. The lowest BCUT2D eigenvalue weighted by Crippen LogP contribution is -2.01. The maximum Gasteiger partial charge on any atom is 0.142 e. The second-order valence-corrected chi connectivity index (χ2v) is 5.25. The Kier molecular flexibility index (Phi) is 7.13. The molecule has 5 heteroatoms. The van der Waals surface area contributed by atoms with E-state index in [-0.39, 0.29) is 0 Å². The van der Waals surface area contributed by atoms with Crippen molar-refractivity contribution in [2.45, 2.75) is 32.6 Å². The van der Waals surface area contributed by atoms with Crippen LogP contribution >= 0.6 is 27.5 Å². The van der Waals surface area contributed by atoms with E-state index in [9.17, 15) is 0 Å². The van der Waals surface area contributed by atoms with Crippen LogP contribution in [-0.4, -0.2) is 18.0 Å². The molecule has 0 radical (unpaired) electrons. The molecule has 0 saturated heterocycles. The van der Waals surface area contributed by atoms with Crippen molar-refractivity contribution in [1.29, 1.82) is 0 Å². The molecule has 0 atom stereocenters. The Labute approximate surface area is 121 Å². The van der Waals surface area contributed by atoms with Crippen LogP contribution < -0.4 is 4.74 Å². The number of rotatable bonds is 7. The van der Waals surface area contributed by atoms with Gasteiger partial charge in [0.15, 0.2) is 0 Å². The molecule has 100 valence electrons. The molecule has 0 heterocycles. The van der Waals surface area contributed by atoms with Gasteiger partial charge in [0.1, 0.15) is 5.75 Å². The van der Waals surface area contributed by atoms with E-state index in [0.29, 0.717) is 22.9 Å². The molecular formula is C13H17BrClNO2. The Morgan fingerprint density at radius 3 is 2.83 bits per heavy atom. The molecule has 0 fully saturated rings. The van der Waals surface area contributed by atoms with Gasteiger partial charge in [-0.25, -0.2) is 0 Å². The average molecular weight is 335 g/mol. The molecule has 0 aromatic heterocycles. The van der Waals surface area contributed by atoms with Gasteiger partial charge in [-0.05, 0) is 34.5 Å². The Balaban J connectivity index is 2.68. The van der Waals surface area contributed by atoms with Gasteiger partial charge in [0, 0.05) is 10.6 Å². The highest BCUT2D eigenvalue weighted by Gasteiger charge is 2.09. The van der Waals surface area contributed by atoms with Crippen molar-refractivity contribution in [3.63, 3.8) is 0 Å². The number of nitrogens with zero attached hydrogens (tertiary/aromatic N) is 1. The molecule has 3 nitrogen and oxygen atoms in total. The van der Waals surface area contributed by atoms with E-state index < -0.39 is 0 Å². The van der Waals surface area contributed by atoms with E-state index in [2.05, 4.69) is 28.0 Å². The topological polar surface area (TPSA) is 41.8 Å². The number of ether oxygens (including phenoxy) is 1. The number of oxime groups is 1. The number of unbranched alkanes of at least 4 members (excludes halogenated alkanes) is 3. The minimum absolute atomic E-state index is 0.565. The molecule has 18 heavy (non-hydrogen) atoms. The van der Waals surface area contributed by atoms with Gasteiger partial charge in [-0.3, -0.25) is 0 Å². The maximum absolute atomic E-state index is 8.62. The minimum Gasteiger partial charge on any atom is -0.492 e. The summed E-state index contributed by atoms with van der Waals surface area (Å²) in [6, 6.07) is 3.46. The minimum atomic E-state index is 0.565. The molecule has 0 aliphatic carbocycles. The standard InChI is InChI=1S/C13H17BrClNO2/c1-2-3-4-5-6-18-13-10(9-16-17)7-11(15)8-12(13)14/h7-9,17H,2-6H2,1H3. The van der Waals surface area contributed by atoms with E-state index in [1.807, 2.05) is 0 Å². The number of hydrogen-bond acceptors (Lipinski definition) is 3. The van der Waals surface area contributed by atoms with E-state index in [4.69, 9.17) is 21.5 Å². The Hall–Kier alpha value is -0.740. The van der Waals surface area contributed by atoms with E-state index in [0.717, 1.165) is 17.3 Å². The van der Waals surface area contributed by atoms with Crippen molar-refractivity contribution in [2.75, 3.05) is 6.61 Å². The average Bonchev–Trinajstić information content (AvgIpc) is 2.32. The van der Waals surface area contributed by atoms with Crippen LogP contribution in [0.1, 0.15) is 38.2 Å². The van der Waals surface area contributed by atoms with Crippen molar-refractivity contribution < 1.29 is 9.94 Å². The normalized spacial score (nSPS) is 11.1. The fourth-order valence-corrected chi connectivity index (χ4v) is 2.54. The fraction of sp³-hybridized carbons (Fsp3) is 0.462. The highest BCUT2D eigenvalue weighted by atomic mass is 79.9.